The third kappa shape index (κ3) is 2.81. The molecule has 1 N–H and O–H groups in total. The van der Waals surface area contributed by atoms with Gasteiger partial charge in [0.15, 0.2) is 11.6 Å². The Balaban J connectivity index is 3.18. The van der Waals surface area contributed by atoms with E-state index < -0.39 is 5.82 Å². The highest BCUT2D eigenvalue weighted by atomic mass is 19.1. The molecule has 1 nitrogen and oxygen atoms in total. The molecule has 0 spiro atoms. The zero-order valence-corrected chi connectivity index (χ0v) is 8.57. The highest BCUT2D eigenvalue weighted by molar-refractivity contribution is 5.75. The molecule has 0 saturated carbocycles. The van der Waals surface area contributed by atoms with Crippen molar-refractivity contribution in [2.45, 2.75) is 6.92 Å². The second kappa shape index (κ2) is 5.15. The van der Waals surface area contributed by atoms with Crippen LogP contribution in [0.4, 0.5) is 4.39 Å². The first kappa shape index (κ1) is 11.2. The van der Waals surface area contributed by atoms with Crippen molar-refractivity contribution in [3.8, 4) is 5.75 Å². The molecule has 15 heavy (non-hydrogen) atoms. The molecule has 78 valence electrons. The first-order chi connectivity index (χ1) is 7.19. The summed E-state index contributed by atoms with van der Waals surface area (Å²) in [6.07, 6.45) is 7.14. The van der Waals surface area contributed by atoms with E-state index in [9.17, 15) is 4.39 Å². The maximum absolute atomic E-state index is 13.1. The molecular weight excluding hydrogens is 191 g/mol. The second-order valence-corrected chi connectivity index (χ2v) is 3.02. The number of hydrogen-bond acceptors (Lipinski definition) is 1. The molecule has 0 amide bonds. The largest absolute Gasteiger partial charge is 0.505 e. The van der Waals surface area contributed by atoms with Gasteiger partial charge in [-0.05, 0) is 30.2 Å². The average Bonchev–Trinajstić information content (AvgIpc) is 2.22. The van der Waals surface area contributed by atoms with Gasteiger partial charge in [0.25, 0.3) is 0 Å². The number of hydrogen-bond donors (Lipinski definition) is 1. The monoisotopic (exact) mass is 204 g/mol. The molecule has 0 fully saturated rings. The van der Waals surface area contributed by atoms with Crippen LogP contribution in [0.5, 0.6) is 5.75 Å². The van der Waals surface area contributed by atoms with Crippen molar-refractivity contribution in [1.82, 2.24) is 0 Å². The molecule has 0 heterocycles. The Bertz CT molecular complexity index is 417. The van der Waals surface area contributed by atoms with Crippen LogP contribution in [0, 0.1) is 5.82 Å². The van der Waals surface area contributed by atoms with Crippen LogP contribution in [-0.2, 0) is 0 Å². The molecule has 0 bridgehead atoms. The Morgan fingerprint density at radius 3 is 2.73 bits per heavy atom. The highest BCUT2D eigenvalue weighted by Crippen LogP contribution is 2.22. The van der Waals surface area contributed by atoms with E-state index in [0.29, 0.717) is 5.56 Å². The number of phenolic OH excluding ortho intramolecular Hbond substituents is 1. The van der Waals surface area contributed by atoms with Gasteiger partial charge >= 0.3 is 0 Å². The first-order valence-electron chi connectivity index (χ1n) is 4.63. The van der Waals surface area contributed by atoms with Crippen LogP contribution in [0.1, 0.15) is 12.5 Å². The molecule has 2 heteroatoms. The fourth-order valence-corrected chi connectivity index (χ4v) is 1.24. The zero-order valence-electron chi connectivity index (χ0n) is 8.57. The summed E-state index contributed by atoms with van der Waals surface area (Å²) in [6, 6.07) is 4.30. The summed E-state index contributed by atoms with van der Waals surface area (Å²) in [7, 11) is 0. The number of phenols is 1. The van der Waals surface area contributed by atoms with E-state index >= 15 is 0 Å². The highest BCUT2D eigenvalue weighted by Gasteiger charge is 2.03. The van der Waals surface area contributed by atoms with E-state index in [2.05, 4.69) is 6.58 Å². The van der Waals surface area contributed by atoms with E-state index in [-0.39, 0.29) is 5.75 Å². The molecular formula is C13H13FO. The Labute approximate surface area is 88.9 Å². The van der Waals surface area contributed by atoms with Gasteiger partial charge in [-0.1, -0.05) is 36.9 Å². The van der Waals surface area contributed by atoms with Gasteiger partial charge < -0.3 is 5.11 Å². The standard InChI is InChI=1S/C13H13FO/c1-3-5-10(6-4-2)11-7-8-13(15)12(14)9-11/h3-9,15H,1H2,2H3/b6-4-,10-5+. The summed E-state index contributed by atoms with van der Waals surface area (Å²) in [5, 5.41) is 9.05. The summed E-state index contributed by atoms with van der Waals surface area (Å²) in [5.41, 5.74) is 1.56. The second-order valence-electron chi connectivity index (χ2n) is 3.02. The Kier molecular flexibility index (Phi) is 3.86. The molecule has 0 aliphatic rings. The van der Waals surface area contributed by atoms with Crippen LogP contribution in [0.25, 0.3) is 5.57 Å². The molecule has 0 aliphatic carbocycles. The van der Waals surface area contributed by atoms with Crippen molar-refractivity contribution in [2.75, 3.05) is 0 Å². The molecule has 0 aromatic heterocycles. The van der Waals surface area contributed by atoms with E-state index in [1.54, 1.807) is 18.2 Å². The summed E-state index contributed by atoms with van der Waals surface area (Å²) in [5.74, 6) is -0.954. The fourth-order valence-electron chi connectivity index (χ4n) is 1.24. The first-order valence-corrected chi connectivity index (χ1v) is 4.63. The van der Waals surface area contributed by atoms with Crippen molar-refractivity contribution >= 4 is 5.57 Å². The smallest absolute Gasteiger partial charge is 0.165 e. The quantitative estimate of drug-likeness (QED) is 0.745. The summed E-state index contributed by atoms with van der Waals surface area (Å²) in [4.78, 5) is 0. The van der Waals surface area contributed by atoms with Crippen LogP contribution in [0.2, 0.25) is 0 Å². The Morgan fingerprint density at radius 1 is 1.47 bits per heavy atom. The van der Waals surface area contributed by atoms with E-state index in [4.69, 9.17) is 5.11 Å². The van der Waals surface area contributed by atoms with Gasteiger partial charge in [0, 0.05) is 0 Å². The van der Waals surface area contributed by atoms with E-state index in [1.165, 1.54) is 12.1 Å². The number of rotatable bonds is 3. The lowest BCUT2D eigenvalue weighted by Crippen LogP contribution is -1.83. The van der Waals surface area contributed by atoms with Gasteiger partial charge in [0.05, 0.1) is 0 Å². The van der Waals surface area contributed by atoms with Crippen LogP contribution in [0.15, 0.2) is 49.1 Å². The van der Waals surface area contributed by atoms with Gasteiger partial charge in [-0.3, -0.25) is 0 Å². The minimum Gasteiger partial charge on any atom is -0.505 e. The number of halogens is 1. The number of aromatic hydroxyl groups is 1. The van der Waals surface area contributed by atoms with Crippen LogP contribution < -0.4 is 0 Å². The topological polar surface area (TPSA) is 20.2 Å². The molecule has 0 atom stereocenters. The summed E-state index contributed by atoms with van der Waals surface area (Å²) < 4.78 is 13.1. The Hall–Kier alpha value is -1.83. The van der Waals surface area contributed by atoms with E-state index in [0.717, 1.165) is 5.57 Å². The maximum Gasteiger partial charge on any atom is 0.165 e. The molecule has 0 aliphatic heterocycles. The predicted octanol–water partition coefficient (Wildman–Crippen LogP) is 3.68. The van der Waals surface area contributed by atoms with E-state index in [1.807, 2.05) is 19.1 Å². The fraction of sp³-hybridized carbons (Fsp3) is 0.0769. The summed E-state index contributed by atoms with van der Waals surface area (Å²) in [6.45, 7) is 5.48. The molecule has 0 radical (unpaired) electrons. The van der Waals surface area contributed by atoms with Gasteiger partial charge in [-0.15, -0.1) is 0 Å². The lowest BCUT2D eigenvalue weighted by Gasteiger charge is -2.03. The van der Waals surface area contributed by atoms with Crippen LogP contribution >= 0.6 is 0 Å². The van der Waals surface area contributed by atoms with Gasteiger partial charge in [0.1, 0.15) is 0 Å². The molecule has 1 aromatic carbocycles. The van der Waals surface area contributed by atoms with Crippen LogP contribution in [0.3, 0.4) is 0 Å². The third-order valence-electron chi connectivity index (χ3n) is 1.92. The molecule has 1 rings (SSSR count). The zero-order chi connectivity index (χ0) is 11.3. The van der Waals surface area contributed by atoms with Crippen molar-refractivity contribution in [2.24, 2.45) is 0 Å². The lowest BCUT2D eigenvalue weighted by atomic mass is 10.0. The molecule has 1 aromatic rings. The van der Waals surface area contributed by atoms with Crippen molar-refractivity contribution in [1.29, 1.82) is 0 Å². The SMILES string of the molecule is C=C/C=C(\C=C/C)c1ccc(O)c(F)c1. The molecule has 0 unspecified atom stereocenters. The normalized spacial score (nSPS) is 12.0. The van der Waals surface area contributed by atoms with Crippen molar-refractivity contribution < 1.29 is 9.50 Å². The Morgan fingerprint density at radius 2 is 2.20 bits per heavy atom. The predicted molar refractivity (Wildman–Crippen MR) is 61.1 cm³/mol. The third-order valence-corrected chi connectivity index (χ3v) is 1.92. The molecule has 0 saturated heterocycles. The van der Waals surface area contributed by atoms with Crippen LogP contribution in [-0.4, -0.2) is 5.11 Å². The maximum atomic E-state index is 13.1. The van der Waals surface area contributed by atoms with Crippen molar-refractivity contribution in [3.05, 3.63) is 60.5 Å². The number of benzene rings is 1. The average molecular weight is 204 g/mol. The van der Waals surface area contributed by atoms with Gasteiger partial charge in [0.2, 0.25) is 0 Å². The van der Waals surface area contributed by atoms with Crippen molar-refractivity contribution in [3.63, 3.8) is 0 Å². The number of allylic oxidation sites excluding steroid dienone is 5. The lowest BCUT2D eigenvalue weighted by molar-refractivity contribution is 0.432. The van der Waals surface area contributed by atoms with Gasteiger partial charge in [-0.25, -0.2) is 4.39 Å². The van der Waals surface area contributed by atoms with Gasteiger partial charge in [-0.2, -0.15) is 0 Å². The minimum absolute atomic E-state index is 0.336. The minimum atomic E-state index is -0.619. The summed E-state index contributed by atoms with van der Waals surface area (Å²) >= 11 is 0.